The van der Waals surface area contributed by atoms with E-state index in [1.165, 1.54) is 32.4 Å². The van der Waals surface area contributed by atoms with E-state index in [1.807, 2.05) is 33.9 Å². The summed E-state index contributed by atoms with van der Waals surface area (Å²) in [6.07, 6.45) is -0.963. The minimum absolute atomic E-state index is 0.0207. The third-order valence-electron chi connectivity index (χ3n) is 10.0. The van der Waals surface area contributed by atoms with Crippen LogP contribution >= 0.6 is 35.1 Å². The molecule has 6 rings (SSSR count). The maximum absolute atomic E-state index is 14.2. The molecule has 0 bridgehead atoms. The fourth-order valence-corrected chi connectivity index (χ4v) is 8.64. The number of amides is 1. The highest BCUT2D eigenvalue weighted by molar-refractivity contribution is 9.10. The molecular formula is C36H43BBrClF3N8O8P. The lowest BCUT2D eigenvalue weighted by Gasteiger charge is -2.41. The van der Waals surface area contributed by atoms with E-state index >= 15 is 0 Å². The number of halogens is 5. The van der Waals surface area contributed by atoms with Gasteiger partial charge in [0.15, 0.2) is 11.4 Å². The lowest BCUT2D eigenvalue weighted by molar-refractivity contribution is -0.142. The van der Waals surface area contributed by atoms with Crippen molar-refractivity contribution in [3.05, 3.63) is 69.3 Å². The number of hydrogen-bond donors (Lipinski definition) is 3. The molecule has 2 saturated heterocycles. The normalized spacial score (nSPS) is 17.9. The average molecular weight is 930 g/mol. The zero-order valence-electron chi connectivity index (χ0n) is 33.2. The number of aromatic nitrogens is 5. The summed E-state index contributed by atoms with van der Waals surface area (Å²) < 4.78 is 93.9. The highest BCUT2D eigenvalue weighted by Crippen LogP contribution is 2.55. The monoisotopic (exact) mass is 928 g/mol. The van der Waals surface area contributed by atoms with Crippen molar-refractivity contribution in [2.45, 2.75) is 64.7 Å². The van der Waals surface area contributed by atoms with E-state index in [2.05, 4.69) is 51.9 Å². The Hall–Kier alpha value is -3.82. The minimum Gasteiger partial charge on any atom is -0.493 e. The van der Waals surface area contributed by atoms with E-state index in [0.29, 0.717) is 31.5 Å². The number of rotatable bonds is 16. The van der Waals surface area contributed by atoms with Crippen LogP contribution in [-0.4, -0.2) is 89.5 Å². The van der Waals surface area contributed by atoms with Crippen LogP contribution in [0.3, 0.4) is 0 Å². The molecule has 23 heteroatoms. The molecule has 0 saturated carbocycles. The van der Waals surface area contributed by atoms with Gasteiger partial charge in [-0.1, -0.05) is 17.7 Å². The van der Waals surface area contributed by atoms with Gasteiger partial charge in [0, 0.05) is 31.1 Å². The number of methoxy groups -OCH3 is 1. The van der Waals surface area contributed by atoms with Crippen molar-refractivity contribution in [2.24, 2.45) is 5.41 Å². The second-order valence-corrected chi connectivity index (χ2v) is 18.2. The third kappa shape index (κ3) is 9.88. The molecule has 0 radical (unpaired) electrons. The number of hydrogen-bond acceptors (Lipinski definition) is 14. The minimum atomic E-state index is -4.86. The molecule has 5 heterocycles. The fourth-order valence-electron chi connectivity index (χ4n) is 6.13. The van der Waals surface area contributed by atoms with Crippen LogP contribution in [0.25, 0.3) is 0 Å². The van der Waals surface area contributed by atoms with Crippen molar-refractivity contribution in [1.82, 2.24) is 30.0 Å². The summed E-state index contributed by atoms with van der Waals surface area (Å²) in [7, 11) is -1.73. The molecule has 3 aromatic heterocycles. The highest BCUT2D eigenvalue weighted by Gasteiger charge is 2.52. The van der Waals surface area contributed by atoms with Gasteiger partial charge < -0.3 is 43.8 Å². The van der Waals surface area contributed by atoms with E-state index in [9.17, 15) is 22.5 Å². The van der Waals surface area contributed by atoms with E-state index in [4.69, 9.17) is 39.4 Å². The number of alkyl halides is 3. The Kier molecular flexibility index (Phi) is 13.1. The number of carbonyl (C=O) groups excluding carboxylic acids is 1. The summed E-state index contributed by atoms with van der Waals surface area (Å²) in [5, 5.41) is 12.4. The molecule has 1 atom stereocenters. The molecule has 1 aromatic carbocycles. The largest absolute Gasteiger partial charge is 0.498 e. The van der Waals surface area contributed by atoms with Crippen LogP contribution in [-0.2, 0) is 46.5 Å². The average Bonchev–Trinajstić information content (AvgIpc) is 3.70. The molecule has 3 N–H and O–H groups in total. The van der Waals surface area contributed by atoms with Crippen molar-refractivity contribution in [3.63, 3.8) is 0 Å². The van der Waals surface area contributed by atoms with Crippen LogP contribution in [0.4, 0.5) is 36.3 Å². The Labute approximate surface area is 352 Å². The number of anilines is 4. The molecule has 0 aliphatic carbocycles. The van der Waals surface area contributed by atoms with Crippen LogP contribution in [0.5, 0.6) is 5.75 Å². The van der Waals surface area contributed by atoms with Gasteiger partial charge in [-0.3, -0.25) is 14.0 Å². The molecule has 318 valence electrons. The van der Waals surface area contributed by atoms with E-state index < -0.39 is 54.8 Å². The summed E-state index contributed by atoms with van der Waals surface area (Å²) in [4.78, 5) is 24.5. The predicted octanol–water partition coefficient (Wildman–Crippen LogP) is 7.12. The molecule has 59 heavy (non-hydrogen) atoms. The van der Waals surface area contributed by atoms with Crippen molar-refractivity contribution < 1.29 is 50.4 Å². The topological polar surface area (TPSA) is 182 Å². The Morgan fingerprint density at radius 3 is 2.36 bits per heavy atom. The zero-order chi connectivity index (χ0) is 43.0. The molecule has 2 fully saturated rings. The number of ether oxygens (including phenoxy) is 2. The van der Waals surface area contributed by atoms with Crippen molar-refractivity contribution in [1.29, 1.82) is 0 Å². The Morgan fingerprint density at radius 1 is 1.05 bits per heavy atom. The van der Waals surface area contributed by atoms with Crippen LogP contribution in [0.15, 0.2) is 47.5 Å². The molecule has 2 aliphatic rings. The number of benzene rings is 1. The van der Waals surface area contributed by atoms with Crippen LogP contribution < -0.4 is 26.2 Å². The number of pyridine rings is 1. The molecule has 4 aromatic rings. The van der Waals surface area contributed by atoms with Gasteiger partial charge in [0.2, 0.25) is 5.95 Å². The first kappa shape index (κ1) is 44.7. The zero-order valence-corrected chi connectivity index (χ0v) is 36.4. The van der Waals surface area contributed by atoms with Gasteiger partial charge in [-0.05, 0) is 74.3 Å². The Morgan fingerprint density at radius 2 is 1.75 bits per heavy atom. The van der Waals surface area contributed by atoms with E-state index in [-0.39, 0.29) is 57.8 Å². The smallest absolute Gasteiger partial charge is 0.493 e. The molecular weight excluding hydrogens is 887 g/mol. The van der Waals surface area contributed by atoms with Crippen LogP contribution in [0, 0.1) is 5.41 Å². The van der Waals surface area contributed by atoms with Gasteiger partial charge >= 0.3 is 20.9 Å². The fraction of sp³-hybridized carbons (Fsp3) is 0.472. The first-order chi connectivity index (χ1) is 27.7. The summed E-state index contributed by atoms with van der Waals surface area (Å²) in [6.45, 7) is 10.8. The van der Waals surface area contributed by atoms with Crippen molar-refractivity contribution in [2.75, 3.05) is 51.2 Å². The molecule has 1 unspecified atom stereocenters. The maximum Gasteiger partial charge on any atom is 0.498 e. The van der Waals surface area contributed by atoms with Gasteiger partial charge in [-0.15, -0.1) is 0 Å². The summed E-state index contributed by atoms with van der Waals surface area (Å²) >= 11 is 9.98. The van der Waals surface area contributed by atoms with E-state index in [0.717, 1.165) is 5.46 Å². The van der Waals surface area contributed by atoms with Crippen LogP contribution in [0.1, 0.15) is 56.2 Å². The first-order valence-electron chi connectivity index (χ1n) is 18.3. The second kappa shape index (κ2) is 17.3. The summed E-state index contributed by atoms with van der Waals surface area (Å²) in [6, 6.07) is 5.90. The standard InChI is InChI=1S/C36H43BBrClF3N8O8P/c1-8-55-59(52,56-20-35(18-54-19-35)17-50-15-22(13-45-50)37-57-33(2,3)34(4,5)58-37)16-21-9-10-25(29(53-7)27(21)39)47-32-44-14-23(36(40,41)42)30(49-32)46-24-11-12-26(38)48-28(24)31(51)43-6/h9-15H,8,16-20H2,1-7H3,(H,43,51)(H2,44,46,47,49). The third-order valence-corrected chi connectivity index (χ3v) is 12.8. The van der Waals surface area contributed by atoms with Gasteiger partial charge in [-0.25, -0.2) is 9.97 Å². The van der Waals surface area contributed by atoms with Gasteiger partial charge in [-0.2, -0.15) is 23.3 Å². The summed E-state index contributed by atoms with van der Waals surface area (Å²) in [5.41, 5.74) is -1.71. The lowest BCUT2D eigenvalue weighted by Crippen LogP contribution is -2.49. The predicted molar refractivity (Wildman–Crippen MR) is 217 cm³/mol. The Bertz CT molecular complexity index is 2230. The second-order valence-electron chi connectivity index (χ2n) is 14.9. The van der Waals surface area contributed by atoms with Gasteiger partial charge in [0.1, 0.15) is 16.0 Å². The molecule has 2 aliphatic heterocycles. The van der Waals surface area contributed by atoms with Gasteiger partial charge in [0.25, 0.3) is 5.91 Å². The summed E-state index contributed by atoms with van der Waals surface area (Å²) in [5.74, 6) is -1.52. The number of nitrogens with one attached hydrogen (secondary N) is 3. The first-order valence-corrected chi connectivity index (χ1v) is 21.2. The molecule has 0 spiro atoms. The molecule has 16 nitrogen and oxygen atoms in total. The van der Waals surface area contributed by atoms with Crippen molar-refractivity contribution >= 4 is 76.8 Å². The highest BCUT2D eigenvalue weighted by atomic mass is 79.9. The number of nitrogens with zero attached hydrogens (tertiary/aromatic N) is 5. The van der Waals surface area contributed by atoms with E-state index in [1.54, 1.807) is 23.9 Å². The van der Waals surface area contributed by atoms with Crippen LogP contribution in [0.2, 0.25) is 5.02 Å². The Balaban J connectivity index is 1.18. The quantitative estimate of drug-likeness (QED) is 0.0587. The molecule has 1 amide bonds. The van der Waals surface area contributed by atoms with Gasteiger partial charge in [0.05, 0.1) is 79.3 Å². The SMILES string of the molecule is CCOP(=O)(Cc1ccc(Nc2ncc(C(F)(F)F)c(Nc3ccc(Br)nc3C(=O)NC)n2)c(OC)c1Cl)OCC1(Cn2cc(B3OC(C)(C)C(C)(C)O3)cn2)COC1. The lowest BCUT2D eigenvalue weighted by atomic mass is 9.82. The number of carbonyl (C=O) groups is 1. The van der Waals surface area contributed by atoms with Crippen molar-refractivity contribution in [3.8, 4) is 5.75 Å². The maximum atomic E-state index is 14.2.